The highest BCUT2D eigenvalue weighted by Gasteiger charge is 2.14. The lowest BCUT2D eigenvalue weighted by molar-refractivity contribution is 0.0696. The van der Waals surface area contributed by atoms with Gasteiger partial charge in [-0.25, -0.2) is 4.79 Å². The molecule has 1 aromatic carbocycles. The average Bonchev–Trinajstić information content (AvgIpc) is 2.28. The zero-order chi connectivity index (χ0) is 12.8. The van der Waals surface area contributed by atoms with E-state index in [1.54, 1.807) is 12.1 Å². The summed E-state index contributed by atoms with van der Waals surface area (Å²) in [5, 5.41) is 8.95. The molecule has 0 saturated heterocycles. The van der Waals surface area contributed by atoms with E-state index in [0.29, 0.717) is 28.3 Å². The van der Waals surface area contributed by atoms with Crippen LogP contribution in [-0.2, 0) is 0 Å². The van der Waals surface area contributed by atoms with E-state index in [9.17, 15) is 4.79 Å². The molecule has 4 nitrogen and oxygen atoms in total. The van der Waals surface area contributed by atoms with Gasteiger partial charge in [-0.15, -0.1) is 0 Å². The summed E-state index contributed by atoms with van der Waals surface area (Å²) < 4.78 is 11.5. The Morgan fingerprint density at radius 3 is 2.76 bits per heavy atom. The Bertz CT molecular complexity index is 429. The van der Waals surface area contributed by atoms with Crippen LogP contribution < -0.4 is 9.47 Å². The van der Waals surface area contributed by atoms with Crippen molar-refractivity contribution in [3.63, 3.8) is 0 Å². The van der Waals surface area contributed by atoms with Crippen molar-refractivity contribution in [1.29, 1.82) is 0 Å². The van der Waals surface area contributed by atoms with E-state index in [2.05, 4.69) is 6.58 Å². The fourth-order valence-electron chi connectivity index (χ4n) is 1.24. The second kappa shape index (κ2) is 6.48. The molecule has 0 heterocycles. The number of aromatic carboxylic acids is 1. The molecule has 92 valence electrons. The van der Waals surface area contributed by atoms with Gasteiger partial charge in [0.05, 0.1) is 15.7 Å². The van der Waals surface area contributed by atoms with Gasteiger partial charge in [-0.1, -0.05) is 12.7 Å². The Labute approximate surface area is 113 Å². The van der Waals surface area contributed by atoms with Crippen molar-refractivity contribution in [3.05, 3.63) is 33.9 Å². The predicted octanol–water partition coefficient (Wildman–Crippen LogP) is 2.95. The zero-order valence-corrected chi connectivity index (χ0v) is 11.6. The van der Waals surface area contributed by atoms with Crippen molar-refractivity contribution in [1.82, 2.24) is 0 Å². The molecular formula is C12H13IO4. The minimum absolute atomic E-state index is 0.184. The van der Waals surface area contributed by atoms with Crippen LogP contribution in [0.15, 0.2) is 24.8 Å². The minimum Gasteiger partial charge on any atom is -0.490 e. The summed E-state index contributed by atoms with van der Waals surface area (Å²) in [5.41, 5.74) is 0.184. The third-order valence-corrected chi connectivity index (χ3v) is 2.70. The molecule has 0 atom stereocenters. The van der Waals surface area contributed by atoms with Crippen LogP contribution in [0, 0.1) is 3.57 Å². The molecule has 1 rings (SSSR count). The van der Waals surface area contributed by atoms with E-state index in [0.717, 1.165) is 0 Å². The fourth-order valence-corrected chi connectivity index (χ4v) is 1.99. The number of carbonyl (C=O) groups is 1. The van der Waals surface area contributed by atoms with Gasteiger partial charge in [0.25, 0.3) is 0 Å². The van der Waals surface area contributed by atoms with Crippen LogP contribution in [-0.4, -0.2) is 24.3 Å². The number of carboxylic acids is 1. The van der Waals surface area contributed by atoms with Gasteiger partial charge >= 0.3 is 5.97 Å². The van der Waals surface area contributed by atoms with Gasteiger partial charge < -0.3 is 14.6 Å². The second-order valence-electron chi connectivity index (χ2n) is 3.12. The molecule has 0 unspecified atom stereocenters. The number of halogens is 1. The Morgan fingerprint density at radius 2 is 2.24 bits per heavy atom. The van der Waals surface area contributed by atoms with E-state index >= 15 is 0 Å². The first-order valence-electron chi connectivity index (χ1n) is 5.03. The molecule has 1 N–H and O–H groups in total. The quantitative estimate of drug-likeness (QED) is 0.634. The predicted molar refractivity (Wildman–Crippen MR) is 73.0 cm³/mol. The molecule has 0 bridgehead atoms. The van der Waals surface area contributed by atoms with E-state index in [1.165, 1.54) is 6.07 Å². The maximum atomic E-state index is 10.9. The van der Waals surface area contributed by atoms with Crippen molar-refractivity contribution in [2.24, 2.45) is 0 Å². The number of hydrogen-bond donors (Lipinski definition) is 1. The Balaban J connectivity index is 3.17. The molecule has 0 aliphatic heterocycles. The van der Waals surface area contributed by atoms with Gasteiger partial charge in [0.15, 0.2) is 11.5 Å². The first-order chi connectivity index (χ1) is 8.10. The molecule has 0 fully saturated rings. The van der Waals surface area contributed by atoms with E-state index in [4.69, 9.17) is 14.6 Å². The number of carboxylic acid groups (broad SMARTS) is 1. The van der Waals surface area contributed by atoms with Crippen LogP contribution in [0.5, 0.6) is 11.5 Å². The van der Waals surface area contributed by atoms with Gasteiger partial charge in [0, 0.05) is 0 Å². The maximum Gasteiger partial charge on any atom is 0.335 e. The first kappa shape index (κ1) is 13.8. The number of benzene rings is 1. The SMILES string of the molecule is C=CCOc1c(I)cc(C(=O)O)cc1OCC. The molecule has 0 aliphatic rings. The van der Waals surface area contributed by atoms with Crippen molar-refractivity contribution in [2.75, 3.05) is 13.2 Å². The molecule has 5 heteroatoms. The fraction of sp³-hybridized carbons (Fsp3) is 0.250. The Kier molecular flexibility index (Phi) is 5.27. The Morgan fingerprint density at radius 1 is 1.53 bits per heavy atom. The molecule has 0 radical (unpaired) electrons. The van der Waals surface area contributed by atoms with Gasteiger partial charge in [0.1, 0.15) is 6.61 Å². The molecule has 0 saturated carbocycles. The lowest BCUT2D eigenvalue weighted by Crippen LogP contribution is -2.04. The summed E-state index contributed by atoms with van der Waals surface area (Å²) in [7, 11) is 0. The zero-order valence-electron chi connectivity index (χ0n) is 9.40. The topological polar surface area (TPSA) is 55.8 Å². The number of hydrogen-bond acceptors (Lipinski definition) is 3. The van der Waals surface area contributed by atoms with Crippen LogP contribution in [0.4, 0.5) is 0 Å². The highest BCUT2D eigenvalue weighted by atomic mass is 127. The van der Waals surface area contributed by atoms with Crippen LogP contribution in [0.2, 0.25) is 0 Å². The highest BCUT2D eigenvalue weighted by molar-refractivity contribution is 14.1. The van der Waals surface area contributed by atoms with Crippen molar-refractivity contribution in [3.8, 4) is 11.5 Å². The van der Waals surface area contributed by atoms with Gasteiger partial charge in [-0.2, -0.15) is 0 Å². The molecule has 0 aliphatic carbocycles. The maximum absolute atomic E-state index is 10.9. The number of rotatable bonds is 6. The van der Waals surface area contributed by atoms with Crippen LogP contribution in [0.3, 0.4) is 0 Å². The third-order valence-electron chi connectivity index (χ3n) is 1.90. The Hall–Kier alpha value is -1.24. The number of ether oxygens (including phenoxy) is 2. The molecule has 17 heavy (non-hydrogen) atoms. The van der Waals surface area contributed by atoms with E-state index in [-0.39, 0.29) is 5.56 Å². The van der Waals surface area contributed by atoms with Crippen LogP contribution >= 0.6 is 22.6 Å². The molecule has 0 aromatic heterocycles. The van der Waals surface area contributed by atoms with E-state index < -0.39 is 5.97 Å². The smallest absolute Gasteiger partial charge is 0.335 e. The summed E-state index contributed by atoms with van der Waals surface area (Å²) in [6.07, 6.45) is 1.62. The summed E-state index contributed by atoms with van der Waals surface area (Å²) in [6.45, 7) is 6.19. The van der Waals surface area contributed by atoms with Crippen LogP contribution in [0.25, 0.3) is 0 Å². The standard InChI is InChI=1S/C12H13IO4/c1-3-5-17-11-9(13)6-8(12(14)15)7-10(11)16-4-2/h3,6-7H,1,4-5H2,2H3,(H,14,15). The summed E-state index contributed by atoms with van der Waals surface area (Å²) in [6, 6.07) is 3.01. The normalized spacial score (nSPS) is 9.76. The molecule has 0 amide bonds. The largest absolute Gasteiger partial charge is 0.490 e. The third kappa shape index (κ3) is 3.62. The lowest BCUT2D eigenvalue weighted by atomic mass is 10.2. The summed E-state index contributed by atoms with van der Waals surface area (Å²) in [5.74, 6) is 0.00939. The van der Waals surface area contributed by atoms with Crippen LogP contribution in [0.1, 0.15) is 17.3 Å². The molecular weight excluding hydrogens is 335 g/mol. The second-order valence-corrected chi connectivity index (χ2v) is 4.29. The first-order valence-corrected chi connectivity index (χ1v) is 6.11. The minimum atomic E-state index is -0.987. The lowest BCUT2D eigenvalue weighted by Gasteiger charge is -2.13. The molecule has 0 spiro atoms. The summed E-state index contributed by atoms with van der Waals surface area (Å²) >= 11 is 2.02. The average molecular weight is 348 g/mol. The monoisotopic (exact) mass is 348 g/mol. The highest BCUT2D eigenvalue weighted by Crippen LogP contribution is 2.34. The van der Waals surface area contributed by atoms with Gasteiger partial charge in [-0.3, -0.25) is 0 Å². The van der Waals surface area contributed by atoms with Gasteiger partial charge in [-0.05, 0) is 41.6 Å². The summed E-state index contributed by atoms with van der Waals surface area (Å²) in [4.78, 5) is 10.9. The van der Waals surface area contributed by atoms with Crippen molar-refractivity contribution >= 4 is 28.6 Å². The van der Waals surface area contributed by atoms with E-state index in [1.807, 2.05) is 29.5 Å². The van der Waals surface area contributed by atoms with Crippen molar-refractivity contribution in [2.45, 2.75) is 6.92 Å². The van der Waals surface area contributed by atoms with Gasteiger partial charge in [0.2, 0.25) is 0 Å². The van der Waals surface area contributed by atoms with Crippen molar-refractivity contribution < 1.29 is 19.4 Å². The molecule has 1 aromatic rings.